The lowest BCUT2D eigenvalue weighted by atomic mass is 9.92. The minimum atomic E-state index is -2.24. The molecule has 3 rings (SSSR count). The van der Waals surface area contributed by atoms with Crippen molar-refractivity contribution in [1.29, 1.82) is 0 Å². The van der Waals surface area contributed by atoms with Gasteiger partial charge in [-0.2, -0.15) is 0 Å². The van der Waals surface area contributed by atoms with E-state index in [4.69, 9.17) is 11.2 Å². The van der Waals surface area contributed by atoms with E-state index in [9.17, 15) is 14.4 Å². The normalized spacial score (nSPS) is 24.3. The molecule has 1 unspecified atom stereocenters. The van der Waals surface area contributed by atoms with Crippen molar-refractivity contribution < 1.29 is 15.1 Å². The second-order valence-corrected chi connectivity index (χ2v) is 4.87. The highest BCUT2D eigenvalue weighted by Gasteiger charge is 2.30. The van der Waals surface area contributed by atoms with Gasteiger partial charge in [0.2, 0.25) is 0 Å². The first-order chi connectivity index (χ1) is 11.5. The van der Waals surface area contributed by atoms with E-state index >= 15 is 0 Å². The zero-order valence-corrected chi connectivity index (χ0v) is 11.3. The number of fused-ring (bicyclic) bond motifs is 1. The van der Waals surface area contributed by atoms with Crippen LogP contribution in [0.2, 0.25) is 0 Å². The number of rotatable bonds is 1. The summed E-state index contributed by atoms with van der Waals surface area (Å²) in [6.07, 6.45) is -3.18. The molecule has 0 amide bonds. The van der Waals surface area contributed by atoms with Crippen LogP contribution in [-0.2, 0) is 9.59 Å². The maximum absolute atomic E-state index is 13.0. The maximum atomic E-state index is 13.0. The van der Waals surface area contributed by atoms with Crippen molar-refractivity contribution in [3.05, 3.63) is 34.3 Å². The van der Waals surface area contributed by atoms with Gasteiger partial charge in [0.15, 0.2) is 5.78 Å². The van der Waals surface area contributed by atoms with Crippen molar-refractivity contribution in [2.45, 2.75) is 32.2 Å². The lowest BCUT2D eigenvalue weighted by Gasteiger charge is -2.24. The number of hydrogen-bond donors (Lipinski definition) is 1. The van der Waals surface area contributed by atoms with Gasteiger partial charge in [0.1, 0.15) is 11.6 Å². The summed E-state index contributed by atoms with van der Waals surface area (Å²) in [4.78, 5) is 41.0. The van der Waals surface area contributed by atoms with Gasteiger partial charge in [-0.3, -0.25) is 19.0 Å². The molecule has 1 aliphatic carbocycles. The molecule has 108 valence electrons. The number of hydrogen-bond acceptors (Lipinski definition) is 5. The standard InChI is InChI=1S/C15H15N3O3/c1-8-17-11-4-2-3-10(16)14(11)15(21)18(8)12-6-5-9(19)7-13(12)20/h2-4,12H,5-7,16H2,1H3/i3D,4D,6D2. The summed E-state index contributed by atoms with van der Waals surface area (Å²) in [5.74, 6) is -1.19. The summed E-state index contributed by atoms with van der Waals surface area (Å²) < 4.78 is 32.6. The first-order valence-electron chi connectivity index (χ1n) is 8.37. The summed E-state index contributed by atoms with van der Waals surface area (Å²) in [5.41, 5.74) is 4.82. The van der Waals surface area contributed by atoms with Gasteiger partial charge in [-0.05, 0) is 25.4 Å². The topological polar surface area (TPSA) is 95.0 Å². The van der Waals surface area contributed by atoms with Crippen molar-refractivity contribution in [3.63, 3.8) is 0 Å². The summed E-state index contributed by atoms with van der Waals surface area (Å²) in [6.45, 7) is 1.42. The molecule has 2 aromatic rings. The van der Waals surface area contributed by atoms with Gasteiger partial charge in [-0.15, -0.1) is 0 Å². The fourth-order valence-electron chi connectivity index (χ4n) is 2.46. The van der Waals surface area contributed by atoms with E-state index < -0.39 is 42.4 Å². The van der Waals surface area contributed by atoms with Gasteiger partial charge in [0.05, 0.1) is 26.1 Å². The molecule has 0 bridgehead atoms. The van der Waals surface area contributed by atoms with Crippen LogP contribution in [0, 0.1) is 6.92 Å². The van der Waals surface area contributed by atoms with E-state index in [1.54, 1.807) is 0 Å². The highest BCUT2D eigenvalue weighted by Crippen LogP contribution is 2.24. The van der Waals surface area contributed by atoms with Crippen LogP contribution >= 0.6 is 0 Å². The third-order valence-corrected chi connectivity index (χ3v) is 3.42. The molecule has 0 spiro atoms. The van der Waals surface area contributed by atoms with Crippen LogP contribution in [0.1, 0.15) is 36.6 Å². The second-order valence-electron chi connectivity index (χ2n) is 4.87. The third-order valence-electron chi connectivity index (χ3n) is 3.42. The first-order valence-corrected chi connectivity index (χ1v) is 6.37. The molecule has 2 N–H and O–H groups in total. The largest absolute Gasteiger partial charge is 0.398 e. The predicted octanol–water partition coefficient (Wildman–Crippen LogP) is 1.15. The number of ketones is 2. The van der Waals surface area contributed by atoms with Crippen LogP contribution in [0.15, 0.2) is 22.9 Å². The molecule has 1 aromatic heterocycles. The quantitative estimate of drug-likeness (QED) is 0.627. The number of Topliss-reactive ketones (excluding diaryl/α,β-unsaturated/α-hetero) is 2. The number of anilines is 1. The average molecular weight is 289 g/mol. The van der Waals surface area contributed by atoms with Crippen molar-refractivity contribution in [2.75, 3.05) is 5.73 Å². The number of carbonyl (C=O) groups is 2. The minimum absolute atomic E-state index is 0.00727. The van der Waals surface area contributed by atoms with Crippen LogP contribution in [0.4, 0.5) is 5.69 Å². The summed E-state index contributed by atoms with van der Waals surface area (Å²) in [5, 5.41) is -0.191. The zero-order chi connectivity index (χ0) is 18.7. The summed E-state index contributed by atoms with van der Waals surface area (Å²) in [6, 6.07) is -0.718. The lowest BCUT2D eigenvalue weighted by Crippen LogP contribution is -2.36. The second kappa shape index (κ2) is 4.80. The Morgan fingerprint density at radius 1 is 1.43 bits per heavy atom. The molecular formula is C15H15N3O3. The fourth-order valence-corrected chi connectivity index (χ4v) is 2.46. The molecular weight excluding hydrogens is 270 g/mol. The number of nitrogens with zero attached hydrogens (tertiary/aromatic N) is 2. The molecule has 1 atom stereocenters. The Labute approximate surface area is 126 Å². The van der Waals surface area contributed by atoms with Crippen LogP contribution in [-0.4, -0.2) is 21.1 Å². The van der Waals surface area contributed by atoms with E-state index in [0.717, 1.165) is 10.6 Å². The van der Waals surface area contributed by atoms with Crippen LogP contribution < -0.4 is 11.3 Å². The van der Waals surface area contributed by atoms with Gasteiger partial charge in [0.25, 0.3) is 5.56 Å². The van der Waals surface area contributed by atoms with Gasteiger partial charge in [0, 0.05) is 14.8 Å². The minimum Gasteiger partial charge on any atom is -0.398 e. The molecule has 1 heterocycles. The van der Waals surface area contributed by atoms with E-state index in [2.05, 4.69) is 4.98 Å². The maximum Gasteiger partial charge on any atom is 0.264 e. The molecule has 1 saturated carbocycles. The smallest absolute Gasteiger partial charge is 0.264 e. The number of benzene rings is 1. The van der Waals surface area contributed by atoms with Gasteiger partial charge >= 0.3 is 0 Å². The summed E-state index contributed by atoms with van der Waals surface area (Å²) in [7, 11) is 0. The molecule has 6 nitrogen and oxygen atoms in total. The number of nitrogen functional groups attached to an aromatic ring is 1. The van der Waals surface area contributed by atoms with Crippen LogP contribution in [0.3, 0.4) is 0 Å². The number of aryl methyl sites for hydroxylation is 1. The average Bonchev–Trinajstić information content (AvgIpc) is 2.46. The van der Waals surface area contributed by atoms with Crippen molar-refractivity contribution in [2.24, 2.45) is 0 Å². The SMILES string of the molecule is [2H]c1cc([2H])c2nc(C)n(C3C(=O)CC(=O)CC3([2H])[2H])c(=O)c2c1N. The fraction of sp³-hybridized carbons (Fsp3) is 0.333. The first kappa shape index (κ1) is 9.44. The number of carbonyl (C=O) groups excluding carboxylic acids is 2. The van der Waals surface area contributed by atoms with Gasteiger partial charge in [-0.1, -0.05) is 6.07 Å². The monoisotopic (exact) mass is 289 g/mol. The molecule has 0 saturated heterocycles. The Hall–Kier alpha value is -2.50. The van der Waals surface area contributed by atoms with E-state index in [-0.39, 0.29) is 34.5 Å². The highest BCUT2D eigenvalue weighted by molar-refractivity contribution is 6.03. The zero-order valence-electron chi connectivity index (χ0n) is 15.3. The lowest BCUT2D eigenvalue weighted by molar-refractivity contribution is -0.132. The third kappa shape index (κ3) is 2.12. The molecule has 0 radical (unpaired) electrons. The molecule has 1 aromatic carbocycles. The molecule has 6 heteroatoms. The van der Waals surface area contributed by atoms with E-state index in [1.807, 2.05) is 0 Å². The Kier molecular flexibility index (Phi) is 2.16. The predicted molar refractivity (Wildman–Crippen MR) is 78.1 cm³/mol. The van der Waals surface area contributed by atoms with Gasteiger partial charge in [-0.25, -0.2) is 4.98 Å². The van der Waals surface area contributed by atoms with Crippen molar-refractivity contribution in [3.8, 4) is 0 Å². The molecule has 1 fully saturated rings. The van der Waals surface area contributed by atoms with Crippen LogP contribution in [0.25, 0.3) is 10.9 Å². The van der Waals surface area contributed by atoms with E-state index in [1.165, 1.54) is 6.92 Å². The molecule has 21 heavy (non-hydrogen) atoms. The Bertz CT molecular complexity index is 1000. The molecule has 1 aliphatic rings. The number of aromatic nitrogens is 2. The van der Waals surface area contributed by atoms with Crippen molar-refractivity contribution >= 4 is 28.2 Å². The summed E-state index contributed by atoms with van der Waals surface area (Å²) >= 11 is 0. The van der Waals surface area contributed by atoms with Crippen molar-refractivity contribution in [1.82, 2.24) is 9.55 Å². The van der Waals surface area contributed by atoms with Gasteiger partial charge < -0.3 is 5.73 Å². The number of nitrogens with two attached hydrogens (primary N) is 1. The Morgan fingerprint density at radius 2 is 2.19 bits per heavy atom. The molecule has 0 aliphatic heterocycles. The Morgan fingerprint density at radius 3 is 2.90 bits per heavy atom. The highest BCUT2D eigenvalue weighted by atomic mass is 16.2. The van der Waals surface area contributed by atoms with E-state index in [0.29, 0.717) is 0 Å². The Balaban J connectivity index is 2.38. The van der Waals surface area contributed by atoms with Crippen LogP contribution in [0.5, 0.6) is 0 Å².